The van der Waals surface area contributed by atoms with E-state index in [4.69, 9.17) is 40.5 Å². The van der Waals surface area contributed by atoms with Crippen LogP contribution in [0.5, 0.6) is 0 Å². The first-order chi connectivity index (χ1) is 8.54. The number of nitrogens with zero attached hydrogens (tertiary/aromatic N) is 2. The van der Waals surface area contributed by atoms with Gasteiger partial charge in [0.2, 0.25) is 0 Å². The zero-order chi connectivity index (χ0) is 13.3. The highest BCUT2D eigenvalue weighted by Gasteiger charge is 2.18. The summed E-state index contributed by atoms with van der Waals surface area (Å²) in [7, 11) is 0. The summed E-state index contributed by atoms with van der Waals surface area (Å²) < 4.78 is 1.77. The molecule has 1 heterocycles. The molecule has 96 valence electrons. The molecule has 18 heavy (non-hydrogen) atoms. The van der Waals surface area contributed by atoms with Crippen molar-refractivity contribution in [2.45, 2.75) is 19.5 Å². The molecule has 0 aliphatic heterocycles. The number of hydrogen-bond donors (Lipinski definition) is 1. The lowest BCUT2D eigenvalue weighted by molar-refractivity contribution is 0.601. The lowest BCUT2D eigenvalue weighted by atomic mass is 10.0. The summed E-state index contributed by atoms with van der Waals surface area (Å²) in [6.07, 6.45) is 1.60. The Morgan fingerprint density at radius 2 is 1.94 bits per heavy atom. The van der Waals surface area contributed by atoms with Crippen molar-refractivity contribution in [3.05, 3.63) is 50.7 Å². The van der Waals surface area contributed by atoms with Gasteiger partial charge in [0, 0.05) is 6.54 Å². The molecule has 0 aliphatic carbocycles. The zero-order valence-corrected chi connectivity index (χ0v) is 12.0. The summed E-state index contributed by atoms with van der Waals surface area (Å²) in [5.41, 5.74) is 7.83. The SMILES string of the molecule is CCn1ncc(Cl)c1C(N)c1ccc(Cl)c(Cl)c1. The Labute approximate surface area is 120 Å². The fraction of sp³-hybridized carbons (Fsp3) is 0.250. The summed E-state index contributed by atoms with van der Waals surface area (Å²) in [6.45, 7) is 2.69. The second-order valence-corrected chi connectivity index (χ2v) is 5.07. The number of nitrogens with two attached hydrogens (primary N) is 1. The Morgan fingerprint density at radius 1 is 1.22 bits per heavy atom. The highest BCUT2D eigenvalue weighted by atomic mass is 35.5. The van der Waals surface area contributed by atoms with Gasteiger partial charge in [0.15, 0.2) is 0 Å². The molecular weight excluding hydrogens is 293 g/mol. The molecule has 0 saturated heterocycles. The highest BCUT2D eigenvalue weighted by Crippen LogP contribution is 2.30. The van der Waals surface area contributed by atoms with Crippen LogP contribution in [0.4, 0.5) is 0 Å². The van der Waals surface area contributed by atoms with E-state index in [0.29, 0.717) is 21.6 Å². The van der Waals surface area contributed by atoms with Crippen molar-refractivity contribution in [2.24, 2.45) is 5.73 Å². The van der Waals surface area contributed by atoms with E-state index in [1.807, 2.05) is 13.0 Å². The normalized spacial score (nSPS) is 12.7. The van der Waals surface area contributed by atoms with E-state index in [1.165, 1.54) is 0 Å². The maximum Gasteiger partial charge on any atom is 0.0837 e. The van der Waals surface area contributed by atoms with Crippen LogP contribution in [0.25, 0.3) is 0 Å². The molecule has 1 aromatic carbocycles. The molecule has 1 aromatic heterocycles. The molecule has 2 aromatic rings. The number of aromatic nitrogens is 2. The molecule has 0 aliphatic rings. The van der Waals surface area contributed by atoms with Gasteiger partial charge in [-0.1, -0.05) is 40.9 Å². The quantitative estimate of drug-likeness (QED) is 0.934. The molecule has 2 N–H and O–H groups in total. The minimum atomic E-state index is -0.380. The Bertz CT molecular complexity index is 566. The van der Waals surface area contributed by atoms with E-state index < -0.39 is 0 Å². The lowest BCUT2D eigenvalue weighted by Gasteiger charge is -2.15. The predicted octanol–water partition coefficient (Wildman–Crippen LogP) is 3.91. The van der Waals surface area contributed by atoms with Gasteiger partial charge in [0.25, 0.3) is 0 Å². The molecule has 6 heteroatoms. The topological polar surface area (TPSA) is 43.8 Å². The maximum absolute atomic E-state index is 6.21. The van der Waals surface area contributed by atoms with Crippen LogP contribution < -0.4 is 5.73 Å². The van der Waals surface area contributed by atoms with E-state index in [1.54, 1.807) is 23.0 Å². The average Bonchev–Trinajstić information content (AvgIpc) is 2.73. The Kier molecular flexibility index (Phi) is 4.17. The molecule has 2 rings (SSSR count). The average molecular weight is 305 g/mol. The van der Waals surface area contributed by atoms with E-state index in [0.717, 1.165) is 11.3 Å². The summed E-state index contributed by atoms with van der Waals surface area (Å²) in [6, 6.07) is 4.93. The smallest absolute Gasteiger partial charge is 0.0837 e. The zero-order valence-electron chi connectivity index (χ0n) is 9.70. The van der Waals surface area contributed by atoms with Crippen LogP contribution in [0.3, 0.4) is 0 Å². The van der Waals surface area contributed by atoms with Crippen molar-refractivity contribution in [3.8, 4) is 0 Å². The monoisotopic (exact) mass is 303 g/mol. The Morgan fingerprint density at radius 3 is 2.56 bits per heavy atom. The fourth-order valence-corrected chi connectivity index (χ4v) is 2.36. The predicted molar refractivity (Wildman–Crippen MR) is 75.4 cm³/mol. The van der Waals surface area contributed by atoms with E-state index in [-0.39, 0.29) is 6.04 Å². The molecule has 3 nitrogen and oxygen atoms in total. The van der Waals surface area contributed by atoms with Gasteiger partial charge in [-0.3, -0.25) is 4.68 Å². The number of halogens is 3. The first-order valence-corrected chi connectivity index (χ1v) is 6.59. The summed E-state index contributed by atoms with van der Waals surface area (Å²) in [5, 5.41) is 5.70. The third-order valence-corrected chi connectivity index (χ3v) is 3.76. The number of benzene rings is 1. The maximum atomic E-state index is 6.21. The molecule has 0 radical (unpaired) electrons. The van der Waals surface area contributed by atoms with E-state index >= 15 is 0 Å². The van der Waals surface area contributed by atoms with Crippen LogP contribution in [-0.2, 0) is 6.54 Å². The van der Waals surface area contributed by atoms with Crippen LogP contribution >= 0.6 is 34.8 Å². The Hall–Kier alpha value is -0.740. The highest BCUT2D eigenvalue weighted by molar-refractivity contribution is 6.42. The molecule has 0 amide bonds. The third-order valence-electron chi connectivity index (χ3n) is 2.73. The number of hydrogen-bond acceptors (Lipinski definition) is 2. The van der Waals surface area contributed by atoms with Gasteiger partial charge in [-0.25, -0.2) is 0 Å². The summed E-state index contributed by atoms with van der Waals surface area (Å²) in [5.74, 6) is 0. The number of rotatable bonds is 3. The van der Waals surface area contributed by atoms with Gasteiger partial charge in [0.1, 0.15) is 0 Å². The van der Waals surface area contributed by atoms with Gasteiger partial charge < -0.3 is 5.73 Å². The van der Waals surface area contributed by atoms with Crippen LogP contribution in [0, 0.1) is 0 Å². The van der Waals surface area contributed by atoms with Crippen LogP contribution in [0.1, 0.15) is 24.2 Å². The van der Waals surface area contributed by atoms with Gasteiger partial charge in [0.05, 0.1) is 33.0 Å². The minimum Gasteiger partial charge on any atom is -0.319 e. The third kappa shape index (κ3) is 2.50. The summed E-state index contributed by atoms with van der Waals surface area (Å²) in [4.78, 5) is 0. The van der Waals surface area contributed by atoms with Crippen LogP contribution in [0.2, 0.25) is 15.1 Å². The van der Waals surface area contributed by atoms with E-state index in [2.05, 4.69) is 5.10 Å². The van der Waals surface area contributed by atoms with Gasteiger partial charge >= 0.3 is 0 Å². The Balaban J connectivity index is 2.44. The van der Waals surface area contributed by atoms with Gasteiger partial charge in [-0.15, -0.1) is 0 Å². The molecule has 1 unspecified atom stereocenters. The van der Waals surface area contributed by atoms with Gasteiger partial charge in [-0.05, 0) is 24.6 Å². The molecule has 1 atom stereocenters. The van der Waals surface area contributed by atoms with Crippen molar-refractivity contribution in [3.63, 3.8) is 0 Å². The van der Waals surface area contributed by atoms with Crippen LogP contribution in [0.15, 0.2) is 24.4 Å². The van der Waals surface area contributed by atoms with Gasteiger partial charge in [-0.2, -0.15) is 5.10 Å². The first kappa shape index (κ1) is 13.7. The second kappa shape index (κ2) is 5.49. The molecule has 0 saturated carbocycles. The van der Waals surface area contributed by atoms with Crippen molar-refractivity contribution >= 4 is 34.8 Å². The number of aryl methyl sites for hydroxylation is 1. The van der Waals surface area contributed by atoms with Crippen molar-refractivity contribution in [1.29, 1.82) is 0 Å². The molecule has 0 fully saturated rings. The lowest BCUT2D eigenvalue weighted by Crippen LogP contribution is -2.17. The van der Waals surface area contributed by atoms with Crippen molar-refractivity contribution in [2.75, 3.05) is 0 Å². The molecule has 0 spiro atoms. The largest absolute Gasteiger partial charge is 0.319 e. The van der Waals surface area contributed by atoms with E-state index in [9.17, 15) is 0 Å². The summed E-state index contributed by atoms with van der Waals surface area (Å²) >= 11 is 18.0. The first-order valence-electron chi connectivity index (χ1n) is 5.46. The molecular formula is C12H12Cl3N3. The molecule has 0 bridgehead atoms. The van der Waals surface area contributed by atoms with Crippen molar-refractivity contribution in [1.82, 2.24) is 9.78 Å². The fourth-order valence-electron chi connectivity index (χ4n) is 1.80. The second-order valence-electron chi connectivity index (χ2n) is 3.84. The standard InChI is InChI=1S/C12H12Cl3N3/c1-2-18-12(10(15)6-17-18)11(16)7-3-4-8(13)9(14)5-7/h3-6,11H,2,16H2,1H3. The van der Waals surface area contributed by atoms with Crippen molar-refractivity contribution < 1.29 is 0 Å². The minimum absolute atomic E-state index is 0.380. The van der Waals surface area contributed by atoms with Crippen LogP contribution in [-0.4, -0.2) is 9.78 Å².